The number of hydrogen-bond acceptors (Lipinski definition) is 2. The smallest absolute Gasteiger partial charge is 0.0682 e. The van der Waals surface area contributed by atoms with Crippen LogP contribution in [0.5, 0.6) is 0 Å². The fourth-order valence-electron chi connectivity index (χ4n) is 1.96. The zero-order valence-corrected chi connectivity index (χ0v) is 15.4. The van der Waals surface area contributed by atoms with Crippen molar-refractivity contribution in [3.8, 4) is 0 Å². The van der Waals surface area contributed by atoms with Crippen molar-refractivity contribution >= 4 is 54.8 Å². The number of aryl methyl sites for hydroxylation is 1. The van der Waals surface area contributed by atoms with Gasteiger partial charge in [0.05, 0.1) is 11.1 Å². The van der Waals surface area contributed by atoms with Crippen LogP contribution in [0.3, 0.4) is 0 Å². The summed E-state index contributed by atoms with van der Waals surface area (Å²) >= 11 is 15.0. The monoisotopic (exact) mass is 421 g/mol. The Morgan fingerprint density at radius 1 is 1.26 bits per heavy atom. The molecule has 0 amide bonds. The van der Waals surface area contributed by atoms with Gasteiger partial charge in [0.1, 0.15) is 0 Å². The zero-order chi connectivity index (χ0) is 14.0. The molecular formula is C14H14Br2ClNS. The molecule has 5 heteroatoms. The molecule has 1 unspecified atom stereocenters. The van der Waals surface area contributed by atoms with Crippen molar-refractivity contribution in [2.24, 2.45) is 0 Å². The van der Waals surface area contributed by atoms with Crippen LogP contribution in [0.4, 0.5) is 0 Å². The predicted molar refractivity (Wildman–Crippen MR) is 91.4 cm³/mol. The molecule has 2 aromatic rings. The Kier molecular flexibility index (Phi) is 5.49. The van der Waals surface area contributed by atoms with Crippen LogP contribution in [-0.4, -0.2) is 6.54 Å². The summed E-state index contributed by atoms with van der Waals surface area (Å²) in [5.74, 6) is 0. The van der Waals surface area contributed by atoms with E-state index in [0.717, 1.165) is 20.5 Å². The molecule has 102 valence electrons. The fraction of sp³-hybridized carbons (Fsp3) is 0.286. The van der Waals surface area contributed by atoms with Crippen molar-refractivity contribution in [2.45, 2.75) is 19.9 Å². The highest BCUT2D eigenvalue weighted by Gasteiger charge is 2.19. The Hall–Kier alpha value is 0.130. The molecule has 0 radical (unpaired) electrons. The number of benzene rings is 1. The van der Waals surface area contributed by atoms with Gasteiger partial charge in [-0.05, 0) is 69.1 Å². The second-order valence-electron chi connectivity index (χ2n) is 4.23. The van der Waals surface area contributed by atoms with Crippen molar-refractivity contribution in [1.29, 1.82) is 0 Å². The summed E-state index contributed by atoms with van der Waals surface area (Å²) in [4.78, 5) is 2.60. The SMILES string of the molecule is CCNC(c1ccc(Cl)c(Br)c1)c1sc(C)cc1Br. The summed E-state index contributed by atoms with van der Waals surface area (Å²) in [6, 6.07) is 8.43. The highest BCUT2D eigenvalue weighted by atomic mass is 79.9. The molecule has 0 saturated heterocycles. The van der Waals surface area contributed by atoms with Crippen LogP contribution in [0.25, 0.3) is 0 Å². The van der Waals surface area contributed by atoms with Gasteiger partial charge in [-0.1, -0.05) is 24.6 Å². The van der Waals surface area contributed by atoms with Gasteiger partial charge < -0.3 is 5.32 Å². The summed E-state index contributed by atoms with van der Waals surface area (Å²) in [6.07, 6.45) is 0. The van der Waals surface area contributed by atoms with Crippen LogP contribution in [0.1, 0.15) is 28.3 Å². The van der Waals surface area contributed by atoms with Crippen molar-refractivity contribution in [3.63, 3.8) is 0 Å². The largest absolute Gasteiger partial charge is 0.306 e. The van der Waals surface area contributed by atoms with E-state index in [1.807, 2.05) is 17.4 Å². The van der Waals surface area contributed by atoms with Crippen LogP contribution in [0.15, 0.2) is 33.2 Å². The summed E-state index contributed by atoms with van der Waals surface area (Å²) in [6.45, 7) is 5.15. The van der Waals surface area contributed by atoms with Crippen LogP contribution in [0, 0.1) is 6.92 Å². The van der Waals surface area contributed by atoms with E-state index in [9.17, 15) is 0 Å². The van der Waals surface area contributed by atoms with Crippen LogP contribution in [-0.2, 0) is 0 Å². The van der Waals surface area contributed by atoms with Gasteiger partial charge >= 0.3 is 0 Å². The van der Waals surface area contributed by atoms with E-state index < -0.39 is 0 Å². The molecule has 0 aliphatic carbocycles. The maximum atomic E-state index is 6.07. The minimum Gasteiger partial charge on any atom is -0.306 e. The van der Waals surface area contributed by atoms with Gasteiger partial charge in [0.25, 0.3) is 0 Å². The van der Waals surface area contributed by atoms with Crippen LogP contribution in [0.2, 0.25) is 5.02 Å². The van der Waals surface area contributed by atoms with Gasteiger partial charge in [0.2, 0.25) is 0 Å². The average Bonchev–Trinajstić information content (AvgIpc) is 2.69. The second-order valence-corrected chi connectivity index (χ2v) is 7.64. The first kappa shape index (κ1) is 15.5. The number of hydrogen-bond donors (Lipinski definition) is 1. The van der Waals surface area contributed by atoms with E-state index in [-0.39, 0.29) is 6.04 Å². The molecule has 0 bridgehead atoms. The third-order valence-electron chi connectivity index (χ3n) is 2.78. The molecule has 0 fully saturated rings. The second kappa shape index (κ2) is 6.72. The molecule has 0 spiro atoms. The molecule has 1 heterocycles. The molecule has 1 N–H and O–H groups in total. The van der Waals surface area contributed by atoms with Crippen molar-refractivity contribution < 1.29 is 0 Å². The van der Waals surface area contributed by atoms with E-state index in [2.05, 4.69) is 69.2 Å². The Bertz CT molecular complexity index is 583. The molecule has 19 heavy (non-hydrogen) atoms. The van der Waals surface area contributed by atoms with E-state index in [4.69, 9.17) is 11.6 Å². The Labute approximate surface area is 139 Å². The molecule has 0 aliphatic heterocycles. The van der Waals surface area contributed by atoms with Gasteiger partial charge in [-0.2, -0.15) is 0 Å². The third kappa shape index (κ3) is 3.61. The number of nitrogens with one attached hydrogen (secondary N) is 1. The van der Waals surface area contributed by atoms with Crippen molar-refractivity contribution in [2.75, 3.05) is 6.54 Å². The molecular weight excluding hydrogens is 409 g/mol. The van der Waals surface area contributed by atoms with E-state index in [1.165, 1.54) is 15.3 Å². The minimum absolute atomic E-state index is 0.187. The minimum atomic E-state index is 0.187. The molecule has 1 aromatic carbocycles. The van der Waals surface area contributed by atoms with Crippen molar-refractivity contribution in [3.05, 3.63) is 53.6 Å². The first-order valence-corrected chi connectivity index (χ1v) is 8.75. The normalized spacial score (nSPS) is 12.7. The van der Waals surface area contributed by atoms with Gasteiger partial charge in [-0.25, -0.2) is 0 Å². The number of rotatable bonds is 4. The fourth-order valence-corrected chi connectivity index (χ4v) is 4.45. The van der Waals surface area contributed by atoms with Gasteiger partial charge in [-0.15, -0.1) is 11.3 Å². The lowest BCUT2D eigenvalue weighted by Gasteiger charge is -2.18. The lowest BCUT2D eigenvalue weighted by Crippen LogP contribution is -2.21. The first-order chi connectivity index (χ1) is 9.02. The summed E-state index contributed by atoms with van der Waals surface area (Å²) in [5.41, 5.74) is 1.21. The third-order valence-corrected chi connectivity index (χ3v) is 6.03. The first-order valence-electron chi connectivity index (χ1n) is 5.97. The molecule has 1 atom stereocenters. The average molecular weight is 424 g/mol. The van der Waals surface area contributed by atoms with Gasteiger partial charge in [-0.3, -0.25) is 0 Å². The van der Waals surface area contributed by atoms with Gasteiger partial charge in [0.15, 0.2) is 0 Å². The quantitative estimate of drug-likeness (QED) is 0.642. The van der Waals surface area contributed by atoms with E-state index in [1.54, 1.807) is 0 Å². The zero-order valence-electron chi connectivity index (χ0n) is 10.6. The molecule has 1 aromatic heterocycles. The Morgan fingerprint density at radius 2 is 2.00 bits per heavy atom. The van der Waals surface area contributed by atoms with E-state index >= 15 is 0 Å². The highest BCUT2D eigenvalue weighted by Crippen LogP contribution is 2.37. The predicted octanol–water partition coefficient (Wildman–Crippen LogP) is 5.93. The molecule has 0 saturated carbocycles. The summed E-state index contributed by atoms with van der Waals surface area (Å²) in [7, 11) is 0. The van der Waals surface area contributed by atoms with Crippen molar-refractivity contribution in [1.82, 2.24) is 5.32 Å². The lowest BCUT2D eigenvalue weighted by molar-refractivity contribution is 0.637. The van der Waals surface area contributed by atoms with Crippen LogP contribution < -0.4 is 5.32 Å². The summed E-state index contributed by atoms with van der Waals surface area (Å²) < 4.78 is 2.09. The standard InChI is InChI=1S/C14H14Br2ClNS/c1-3-18-13(14-11(16)6-8(2)19-14)9-4-5-12(17)10(15)7-9/h4-7,13,18H,3H2,1-2H3. The molecule has 0 aliphatic rings. The van der Waals surface area contributed by atoms with E-state index in [0.29, 0.717) is 0 Å². The van der Waals surface area contributed by atoms with Crippen LogP contribution >= 0.6 is 54.8 Å². The molecule has 2 rings (SSSR count). The molecule has 1 nitrogen and oxygen atoms in total. The van der Waals surface area contributed by atoms with Gasteiger partial charge in [0, 0.05) is 18.7 Å². The topological polar surface area (TPSA) is 12.0 Å². The highest BCUT2D eigenvalue weighted by molar-refractivity contribution is 9.10. The number of halogens is 3. The Balaban J connectivity index is 2.44. The number of thiophene rings is 1. The Morgan fingerprint density at radius 3 is 2.53 bits per heavy atom. The lowest BCUT2D eigenvalue weighted by atomic mass is 10.1. The maximum Gasteiger partial charge on any atom is 0.0682 e. The summed E-state index contributed by atoms with van der Waals surface area (Å²) in [5, 5.41) is 4.27. The maximum absolute atomic E-state index is 6.07.